The molecule has 2 N–H and O–H groups in total. The van der Waals surface area contributed by atoms with E-state index in [1.54, 1.807) is 0 Å². The van der Waals surface area contributed by atoms with Crippen molar-refractivity contribution in [1.29, 1.82) is 0 Å². The Bertz CT molecular complexity index is 432. The van der Waals surface area contributed by atoms with Gasteiger partial charge in [0, 0.05) is 18.8 Å². The Balaban J connectivity index is 2.56. The molecule has 1 aliphatic carbocycles. The van der Waals surface area contributed by atoms with Crippen molar-refractivity contribution in [3.63, 3.8) is 0 Å². The first-order chi connectivity index (χ1) is 10.5. The highest BCUT2D eigenvalue weighted by atomic mass is 16.5. The number of hydrogen-bond donors (Lipinski definition) is 2. The number of ether oxygens (including phenoxy) is 1. The summed E-state index contributed by atoms with van der Waals surface area (Å²) in [5.41, 5.74) is 0. The maximum atomic E-state index is 12.0. The van der Waals surface area contributed by atoms with E-state index in [0.29, 0.717) is 19.3 Å². The number of carbonyl (C=O) groups is 3. The molecule has 0 aromatic heterocycles. The van der Waals surface area contributed by atoms with Crippen LogP contribution in [0.1, 0.15) is 39.0 Å². The van der Waals surface area contributed by atoms with Crippen LogP contribution in [0.5, 0.6) is 0 Å². The molecule has 0 aromatic rings. The number of amides is 1. The summed E-state index contributed by atoms with van der Waals surface area (Å²) in [6.07, 6.45) is 6.96. The van der Waals surface area contributed by atoms with Crippen LogP contribution < -0.4 is 5.32 Å². The number of Topliss-reactive ketones (excluding diaryl/α,β-unsaturated/α-hetero) is 1. The second-order valence-electron chi connectivity index (χ2n) is 5.52. The summed E-state index contributed by atoms with van der Waals surface area (Å²) in [4.78, 5) is 35.3. The summed E-state index contributed by atoms with van der Waals surface area (Å²) in [5.74, 6) is -0.954. The second-order valence-corrected chi connectivity index (χ2v) is 5.52. The van der Waals surface area contributed by atoms with E-state index in [2.05, 4.69) is 10.1 Å². The molecule has 0 heterocycles. The summed E-state index contributed by atoms with van der Waals surface area (Å²) < 4.78 is 4.50. The zero-order valence-electron chi connectivity index (χ0n) is 13.2. The molecule has 0 saturated heterocycles. The van der Waals surface area contributed by atoms with Gasteiger partial charge in [-0.3, -0.25) is 9.59 Å². The zero-order valence-corrected chi connectivity index (χ0v) is 13.2. The number of aliphatic hydroxyl groups is 1. The van der Waals surface area contributed by atoms with Crippen LogP contribution in [0.4, 0.5) is 0 Å². The predicted octanol–water partition coefficient (Wildman–Crippen LogP) is 0.978. The fourth-order valence-electron chi connectivity index (χ4n) is 2.77. The van der Waals surface area contributed by atoms with Gasteiger partial charge in [-0.05, 0) is 25.2 Å². The van der Waals surface area contributed by atoms with Gasteiger partial charge in [0.1, 0.15) is 5.78 Å². The number of methoxy groups -OCH3 is 1. The van der Waals surface area contributed by atoms with E-state index >= 15 is 0 Å². The lowest BCUT2D eigenvalue weighted by Gasteiger charge is -2.19. The maximum Gasteiger partial charge on any atom is 0.330 e. The first kappa shape index (κ1) is 18.4. The van der Waals surface area contributed by atoms with E-state index in [9.17, 15) is 14.4 Å². The minimum atomic E-state index is -1.05. The Morgan fingerprint density at radius 2 is 2.18 bits per heavy atom. The average Bonchev–Trinajstić information content (AvgIpc) is 2.85. The van der Waals surface area contributed by atoms with Gasteiger partial charge in [0.25, 0.3) is 0 Å². The lowest BCUT2D eigenvalue weighted by Crippen LogP contribution is -2.44. The second kappa shape index (κ2) is 9.35. The number of esters is 1. The molecule has 0 unspecified atom stereocenters. The van der Waals surface area contributed by atoms with E-state index in [4.69, 9.17) is 5.11 Å². The number of carbonyl (C=O) groups excluding carboxylic acids is 3. The highest BCUT2D eigenvalue weighted by Crippen LogP contribution is 2.34. The topological polar surface area (TPSA) is 92.7 Å². The molecule has 1 rings (SSSR count). The van der Waals surface area contributed by atoms with Crippen LogP contribution >= 0.6 is 0 Å². The number of nitrogens with one attached hydrogen (secondary N) is 1. The Morgan fingerprint density at radius 1 is 1.45 bits per heavy atom. The summed E-state index contributed by atoms with van der Waals surface area (Å²) in [5, 5.41) is 11.5. The summed E-state index contributed by atoms with van der Waals surface area (Å²) >= 11 is 0. The molecule has 0 bridgehead atoms. The van der Waals surface area contributed by atoms with Gasteiger partial charge < -0.3 is 15.2 Å². The maximum absolute atomic E-state index is 12.0. The van der Waals surface area contributed by atoms with Gasteiger partial charge in [-0.15, -0.1) is 0 Å². The van der Waals surface area contributed by atoms with Crippen LogP contribution in [-0.4, -0.2) is 42.5 Å². The molecular formula is C16H25NO5. The van der Waals surface area contributed by atoms with E-state index in [0.717, 1.165) is 6.42 Å². The van der Waals surface area contributed by atoms with Crippen molar-refractivity contribution >= 4 is 17.7 Å². The third kappa shape index (κ3) is 5.26. The van der Waals surface area contributed by atoms with Crippen LogP contribution in [0.15, 0.2) is 12.2 Å². The SMILES string of the molecule is CC/C=C\C[C@H]1C(=O)CC[C@@H]1CC(=O)N[C@@H](CO)C(=O)OC. The third-order valence-corrected chi connectivity index (χ3v) is 3.99. The lowest BCUT2D eigenvalue weighted by molar-refractivity contribution is -0.146. The molecule has 1 aliphatic rings. The standard InChI is InChI=1S/C16H25NO5/c1-3-4-5-6-12-11(7-8-14(12)19)9-15(20)17-13(10-18)16(21)22-2/h4-5,11-13,18H,3,6-10H2,1-2H3,(H,17,20)/b5-4-/t11-,12-,13+/m1/s1. The monoisotopic (exact) mass is 311 g/mol. The van der Waals surface area contributed by atoms with Gasteiger partial charge in [-0.25, -0.2) is 4.79 Å². The highest BCUT2D eigenvalue weighted by molar-refractivity contribution is 5.87. The average molecular weight is 311 g/mol. The third-order valence-electron chi connectivity index (χ3n) is 3.99. The first-order valence-electron chi connectivity index (χ1n) is 7.69. The molecule has 0 aliphatic heterocycles. The fourth-order valence-corrected chi connectivity index (χ4v) is 2.77. The Morgan fingerprint density at radius 3 is 2.77 bits per heavy atom. The van der Waals surface area contributed by atoms with E-state index in [-0.39, 0.29) is 29.9 Å². The van der Waals surface area contributed by atoms with Crippen molar-refractivity contribution in [1.82, 2.24) is 5.32 Å². The quantitative estimate of drug-likeness (QED) is 0.515. The molecule has 124 valence electrons. The van der Waals surface area contributed by atoms with E-state index in [1.807, 2.05) is 19.1 Å². The predicted molar refractivity (Wildman–Crippen MR) is 80.9 cm³/mol. The smallest absolute Gasteiger partial charge is 0.330 e. The molecule has 0 radical (unpaired) electrons. The van der Waals surface area contributed by atoms with Gasteiger partial charge in [0.15, 0.2) is 6.04 Å². The molecule has 1 saturated carbocycles. The summed E-state index contributed by atoms with van der Waals surface area (Å²) in [6.45, 7) is 1.52. The summed E-state index contributed by atoms with van der Waals surface area (Å²) in [6, 6.07) is -1.05. The largest absolute Gasteiger partial charge is 0.467 e. The Hall–Kier alpha value is -1.69. The summed E-state index contributed by atoms with van der Waals surface area (Å²) in [7, 11) is 1.20. The molecule has 6 heteroatoms. The van der Waals surface area contributed by atoms with Crippen LogP contribution in [0, 0.1) is 11.8 Å². The van der Waals surface area contributed by atoms with Gasteiger partial charge in [-0.2, -0.15) is 0 Å². The lowest BCUT2D eigenvalue weighted by atomic mass is 9.89. The van der Waals surface area contributed by atoms with Gasteiger partial charge in [0.2, 0.25) is 5.91 Å². The molecule has 22 heavy (non-hydrogen) atoms. The van der Waals surface area contributed by atoms with Crippen molar-refractivity contribution in [2.24, 2.45) is 11.8 Å². The number of allylic oxidation sites excluding steroid dienone is 2. The van der Waals surface area contributed by atoms with Crippen molar-refractivity contribution in [2.45, 2.75) is 45.1 Å². The molecule has 1 fully saturated rings. The minimum absolute atomic E-state index is 0.00834. The molecule has 3 atom stereocenters. The molecule has 0 aromatic carbocycles. The van der Waals surface area contributed by atoms with Crippen molar-refractivity contribution in [3.8, 4) is 0 Å². The number of hydrogen-bond acceptors (Lipinski definition) is 5. The minimum Gasteiger partial charge on any atom is -0.467 e. The van der Waals surface area contributed by atoms with Crippen molar-refractivity contribution < 1.29 is 24.2 Å². The Kier molecular flexibility index (Phi) is 7.80. The number of aliphatic hydroxyl groups excluding tert-OH is 1. The van der Waals surface area contributed by atoms with Crippen LogP contribution in [-0.2, 0) is 19.1 Å². The van der Waals surface area contributed by atoms with Crippen LogP contribution in [0.25, 0.3) is 0 Å². The van der Waals surface area contributed by atoms with Crippen molar-refractivity contribution in [3.05, 3.63) is 12.2 Å². The first-order valence-corrected chi connectivity index (χ1v) is 7.69. The fraction of sp³-hybridized carbons (Fsp3) is 0.688. The Labute approximate surface area is 130 Å². The van der Waals surface area contributed by atoms with Gasteiger partial charge >= 0.3 is 5.97 Å². The normalized spacial score (nSPS) is 22.8. The van der Waals surface area contributed by atoms with E-state index in [1.165, 1.54) is 7.11 Å². The molecule has 1 amide bonds. The van der Waals surface area contributed by atoms with Crippen molar-refractivity contribution in [2.75, 3.05) is 13.7 Å². The van der Waals surface area contributed by atoms with Gasteiger partial charge in [0.05, 0.1) is 13.7 Å². The molecule has 0 spiro atoms. The van der Waals surface area contributed by atoms with Crippen LogP contribution in [0.2, 0.25) is 0 Å². The van der Waals surface area contributed by atoms with E-state index < -0.39 is 18.6 Å². The number of rotatable bonds is 8. The zero-order chi connectivity index (χ0) is 16.5. The number of ketones is 1. The highest BCUT2D eigenvalue weighted by Gasteiger charge is 2.35. The van der Waals surface area contributed by atoms with Gasteiger partial charge in [-0.1, -0.05) is 19.1 Å². The molecule has 6 nitrogen and oxygen atoms in total. The molecular weight excluding hydrogens is 286 g/mol. The van der Waals surface area contributed by atoms with Crippen LogP contribution in [0.3, 0.4) is 0 Å².